The first-order valence-corrected chi connectivity index (χ1v) is 5.51. The number of amides is 2. The van der Waals surface area contributed by atoms with Crippen LogP contribution in [0.4, 0.5) is 4.79 Å². The van der Waals surface area contributed by atoms with Gasteiger partial charge in [-0.25, -0.2) is 4.79 Å². The molecular weight excluding hydrogens is 178 g/mol. The van der Waals surface area contributed by atoms with Gasteiger partial charge in [0.25, 0.3) is 0 Å². The van der Waals surface area contributed by atoms with E-state index in [1.165, 1.54) is 19.3 Å². The number of rotatable bonds is 1. The van der Waals surface area contributed by atoms with E-state index in [1.54, 1.807) is 0 Å². The van der Waals surface area contributed by atoms with Gasteiger partial charge in [0, 0.05) is 39.3 Å². The molecule has 0 aromatic carbocycles. The number of carbonyl (C=O) groups is 1. The minimum Gasteiger partial charge on any atom is -0.325 e. The van der Waals surface area contributed by atoms with Gasteiger partial charge in [-0.05, 0) is 19.3 Å². The monoisotopic (exact) mass is 197 g/mol. The van der Waals surface area contributed by atoms with E-state index in [0.717, 1.165) is 26.2 Å². The smallest absolute Gasteiger partial charge is 0.320 e. The Morgan fingerprint density at radius 2 is 2.00 bits per heavy atom. The normalized spacial score (nSPS) is 23.1. The lowest BCUT2D eigenvalue weighted by atomic mass is 9.92. The van der Waals surface area contributed by atoms with Crippen molar-refractivity contribution in [1.82, 2.24) is 15.1 Å². The van der Waals surface area contributed by atoms with Crippen LogP contribution in [0.1, 0.15) is 19.3 Å². The largest absolute Gasteiger partial charge is 0.325 e. The predicted molar refractivity (Wildman–Crippen MR) is 55.2 cm³/mol. The van der Waals surface area contributed by atoms with Crippen LogP contribution in [-0.2, 0) is 0 Å². The van der Waals surface area contributed by atoms with Crippen LogP contribution < -0.4 is 5.32 Å². The SMILES string of the molecule is CN(C(=O)N1CCNCC1)C1CCC1. The first-order chi connectivity index (χ1) is 6.79. The number of piperazine rings is 1. The molecule has 0 bridgehead atoms. The minimum absolute atomic E-state index is 0.219. The fraction of sp³-hybridized carbons (Fsp3) is 0.900. The van der Waals surface area contributed by atoms with E-state index >= 15 is 0 Å². The van der Waals surface area contributed by atoms with Gasteiger partial charge in [-0.1, -0.05) is 0 Å². The van der Waals surface area contributed by atoms with E-state index in [0.29, 0.717) is 6.04 Å². The molecule has 0 aromatic heterocycles. The average molecular weight is 197 g/mol. The van der Waals surface area contributed by atoms with Gasteiger partial charge in [-0.15, -0.1) is 0 Å². The van der Waals surface area contributed by atoms with Crippen LogP contribution in [-0.4, -0.2) is 55.1 Å². The lowest BCUT2D eigenvalue weighted by Gasteiger charge is -2.39. The van der Waals surface area contributed by atoms with Crippen molar-refractivity contribution in [2.75, 3.05) is 33.2 Å². The molecule has 0 unspecified atom stereocenters. The lowest BCUT2D eigenvalue weighted by molar-refractivity contribution is 0.118. The summed E-state index contributed by atoms with van der Waals surface area (Å²) in [5, 5.41) is 3.25. The Morgan fingerprint density at radius 1 is 1.36 bits per heavy atom. The quantitative estimate of drug-likeness (QED) is 0.664. The molecule has 1 aliphatic heterocycles. The Morgan fingerprint density at radius 3 is 2.50 bits per heavy atom. The van der Waals surface area contributed by atoms with Gasteiger partial charge in [0.15, 0.2) is 0 Å². The highest BCUT2D eigenvalue weighted by atomic mass is 16.2. The van der Waals surface area contributed by atoms with Crippen molar-refractivity contribution in [2.24, 2.45) is 0 Å². The molecule has 2 amide bonds. The second kappa shape index (κ2) is 4.17. The van der Waals surface area contributed by atoms with Gasteiger partial charge in [-0.2, -0.15) is 0 Å². The molecule has 1 heterocycles. The van der Waals surface area contributed by atoms with Gasteiger partial charge >= 0.3 is 6.03 Å². The highest BCUT2D eigenvalue weighted by Gasteiger charge is 2.28. The van der Waals surface area contributed by atoms with Gasteiger partial charge in [-0.3, -0.25) is 0 Å². The molecule has 2 aliphatic rings. The highest BCUT2D eigenvalue weighted by Crippen LogP contribution is 2.24. The second-order valence-corrected chi connectivity index (χ2v) is 4.22. The third-order valence-corrected chi connectivity index (χ3v) is 3.31. The van der Waals surface area contributed by atoms with Crippen molar-refractivity contribution in [1.29, 1.82) is 0 Å². The van der Waals surface area contributed by atoms with E-state index in [1.807, 2.05) is 16.8 Å². The Labute approximate surface area is 85.2 Å². The van der Waals surface area contributed by atoms with Crippen molar-refractivity contribution in [3.05, 3.63) is 0 Å². The number of nitrogens with zero attached hydrogens (tertiary/aromatic N) is 2. The standard InChI is InChI=1S/C10H19N3O/c1-12(9-3-2-4-9)10(14)13-7-5-11-6-8-13/h9,11H,2-8H2,1H3. The summed E-state index contributed by atoms with van der Waals surface area (Å²) in [5.74, 6) is 0. The van der Waals surface area contributed by atoms with Crippen LogP contribution in [0.2, 0.25) is 0 Å². The van der Waals surface area contributed by atoms with Gasteiger partial charge in [0.05, 0.1) is 0 Å². The first kappa shape index (κ1) is 9.77. The van der Waals surface area contributed by atoms with Crippen LogP contribution >= 0.6 is 0 Å². The van der Waals surface area contributed by atoms with Crippen LogP contribution in [0.25, 0.3) is 0 Å². The highest BCUT2D eigenvalue weighted by molar-refractivity contribution is 5.74. The summed E-state index contributed by atoms with van der Waals surface area (Å²) in [6.45, 7) is 3.58. The molecule has 80 valence electrons. The van der Waals surface area contributed by atoms with Crippen LogP contribution in [0.5, 0.6) is 0 Å². The molecule has 4 nitrogen and oxygen atoms in total. The summed E-state index contributed by atoms with van der Waals surface area (Å²) in [5.41, 5.74) is 0. The summed E-state index contributed by atoms with van der Waals surface area (Å²) < 4.78 is 0. The fourth-order valence-corrected chi connectivity index (χ4v) is 2.01. The Balaban J connectivity index is 1.85. The van der Waals surface area contributed by atoms with Crippen molar-refractivity contribution in [2.45, 2.75) is 25.3 Å². The molecule has 2 fully saturated rings. The van der Waals surface area contributed by atoms with Crippen LogP contribution in [0.3, 0.4) is 0 Å². The van der Waals surface area contributed by atoms with Crippen molar-refractivity contribution in [3.8, 4) is 0 Å². The first-order valence-electron chi connectivity index (χ1n) is 5.51. The third kappa shape index (κ3) is 1.85. The maximum Gasteiger partial charge on any atom is 0.320 e. The Kier molecular flexibility index (Phi) is 2.91. The fourth-order valence-electron chi connectivity index (χ4n) is 2.01. The predicted octanol–water partition coefficient (Wildman–Crippen LogP) is 0.496. The molecule has 0 atom stereocenters. The van der Waals surface area contributed by atoms with Crippen LogP contribution in [0.15, 0.2) is 0 Å². The molecule has 1 saturated heterocycles. The van der Waals surface area contributed by atoms with E-state index in [2.05, 4.69) is 5.32 Å². The zero-order chi connectivity index (χ0) is 9.97. The third-order valence-electron chi connectivity index (χ3n) is 3.31. The van der Waals surface area contributed by atoms with E-state index in [-0.39, 0.29) is 6.03 Å². The van der Waals surface area contributed by atoms with Gasteiger partial charge < -0.3 is 15.1 Å². The van der Waals surface area contributed by atoms with Gasteiger partial charge in [0.2, 0.25) is 0 Å². The minimum atomic E-state index is 0.219. The second-order valence-electron chi connectivity index (χ2n) is 4.22. The molecular formula is C10H19N3O. The molecule has 4 heteroatoms. The maximum absolute atomic E-state index is 12.0. The van der Waals surface area contributed by atoms with E-state index in [4.69, 9.17) is 0 Å². The number of hydrogen-bond acceptors (Lipinski definition) is 2. The van der Waals surface area contributed by atoms with E-state index < -0.39 is 0 Å². The van der Waals surface area contributed by atoms with E-state index in [9.17, 15) is 4.79 Å². The molecule has 1 aliphatic carbocycles. The Bertz CT molecular complexity index is 205. The summed E-state index contributed by atoms with van der Waals surface area (Å²) in [6, 6.07) is 0.730. The summed E-state index contributed by atoms with van der Waals surface area (Å²) in [7, 11) is 1.94. The van der Waals surface area contributed by atoms with Crippen molar-refractivity contribution in [3.63, 3.8) is 0 Å². The molecule has 2 rings (SSSR count). The average Bonchev–Trinajstić information content (AvgIpc) is 2.15. The maximum atomic E-state index is 12.0. The van der Waals surface area contributed by atoms with Crippen molar-refractivity contribution >= 4 is 6.03 Å². The summed E-state index contributed by atoms with van der Waals surface area (Å²) >= 11 is 0. The van der Waals surface area contributed by atoms with Gasteiger partial charge in [0.1, 0.15) is 0 Å². The Hall–Kier alpha value is -0.770. The zero-order valence-electron chi connectivity index (χ0n) is 8.83. The summed E-state index contributed by atoms with van der Waals surface area (Å²) in [6.07, 6.45) is 3.66. The number of hydrogen-bond donors (Lipinski definition) is 1. The lowest BCUT2D eigenvalue weighted by Crippen LogP contribution is -2.53. The number of urea groups is 1. The van der Waals surface area contributed by atoms with Crippen LogP contribution in [0, 0.1) is 0 Å². The molecule has 1 saturated carbocycles. The molecule has 0 aromatic rings. The van der Waals surface area contributed by atoms with Crippen molar-refractivity contribution < 1.29 is 4.79 Å². The number of nitrogens with one attached hydrogen (secondary N) is 1. The topological polar surface area (TPSA) is 35.6 Å². The zero-order valence-corrected chi connectivity index (χ0v) is 8.83. The molecule has 1 N–H and O–H groups in total. The summed E-state index contributed by atoms with van der Waals surface area (Å²) in [4.78, 5) is 15.8. The number of carbonyl (C=O) groups excluding carboxylic acids is 1. The molecule has 14 heavy (non-hydrogen) atoms. The molecule has 0 spiro atoms. The molecule has 0 radical (unpaired) electrons.